The maximum atomic E-state index is 6.87. The molecule has 0 unspecified atom stereocenters. The Morgan fingerprint density at radius 1 is 0.864 bits per heavy atom. The molecule has 0 N–H and O–H groups in total. The molecular weight excluding hydrogens is 272 g/mol. The standard InChI is InChI=1S/C20H32O2/c1-3-19(4-2)6-5-15-12-20(22-18(15)21-19)16-8-13-7-14(10-16)11-17(20)9-13/h13-18H,3-12H2,1-2H3/t13?,14?,15-,16?,17?,18+,20?/m1/s1. The highest BCUT2D eigenvalue weighted by Gasteiger charge is 2.63. The molecule has 22 heavy (non-hydrogen) atoms. The van der Waals surface area contributed by atoms with Gasteiger partial charge in [-0.1, -0.05) is 13.8 Å². The van der Waals surface area contributed by atoms with Crippen LogP contribution in [0.3, 0.4) is 0 Å². The van der Waals surface area contributed by atoms with Gasteiger partial charge in [-0.15, -0.1) is 0 Å². The van der Waals surface area contributed by atoms with Gasteiger partial charge in [-0.25, -0.2) is 0 Å². The zero-order chi connectivity index (χ0) is 14.9. The molecule has 124 valence electrons. The number of fused-ring (bicyclic) bond motifs is 1. The minimum absolute atomic E-state index is 0.110. The van der Waals surface area contributed by atoms with Crippen LogP contribution in [0.25, 0.3) is 0 Å². The lowest BCUT2D eigenvalue weighted by Crippen LogP contribution is -2.57. The van der Waals surface area contributed by atoms with Gasteiger partial charge in [0, 0.05) is 5.92 Å². The Balaban J connectivity index is 1.41. The minimum Gasteiger partial charge on any atom is -0.346 e. The zero-order valence-corrected chi connectivity index (χ0v) is 14.4. The molecule has 2 heteroatoms. The van der Waals surface area contributed by atoms with E-state index in [0.29, 0.717) is 5.92 Å². The Morgan fingerprint density at radius 2 is 1.50 bits per heavy atom. The number of ether oxygens (including phenoxy) is 2. The van der Waals surface area contributed by atoms with E-state index < -0.39 is 0 Å². The normalized spacial score (nSPS) is 54.8. The molecule has 6 aliphatic rings. The molecule has 6 rings (SSSR count). The average molecular weight is 304 g/mol. The highest BCUT2D eigenvalue weighted by molar-refractivity contribution is 5.11. The Bertz CT molecular complexity index is 425. The first-order valence-electron chi connectivity index (χ1n) is 10.0. The van der Waals surface area contributed by atoms with Gasteiger partial charge in [0.25, 0.3) is 0 Å². The lowest BCUT2D eigenvalue weighted by Gasteiger charge is -2.59. The van der Waals surface area contributed by atoms with Crippen LogP contribution in [0, 0.1) is 29.6 Å². The first-order chi connectivity index (χ1) is 10.7. The molecule has 2 atom stereocenters. The molecule has 0 aromatic heterocycles. The summed E-state index contributed by atoms with van der Waals surface area (Å²) in [5.41, 5.74) is 0.332. The topological polar surface area (TPSA) is 18.5 Å². The van der Waals surface area contributed by atoms with Crippen LogP contribution in [0.4, 0.5) is 0 Å². The lowest BCUT2D eigenvalue weighted by atomic mass is 9.49. The summed E-state index contributed by atoms with van der Waals surface area (Å²) in [5, 5.41) is 0. The fourth-order valence-corrected chi connectivity index (χ4v) is 7.26. The van der Waals surface area contributed by atoms with Crippen molar-refractivity contribution in [3.05, 3.63) is 0 Å². The lowest BCUT2D eigenvalue weighted by molar-refractivity contribution is -0.288. The summed E-state index contributed by atoms with van der Waals surface area (Å²) in [4.78, 5) is 0. The van der Waals surface area contributed by atoms with Crippen LogP contribution in [0.2, 0.25) is 0 Å². The molecule has 4 aliphatic carbocycles. The highest BCUT2D eigenvalue weighted by Crippen LogP contribution is 2.65. The molecule has 1 spiro atoms. The quantitative estimate of drug-likeness (QED) is 0.721. The van der Waals surface area contributed by atoms with Gasteiger partial charge >= 0.3 is 0 Å². The van der Waals surface area contributed by atoms with Gasteiger partial charge in [0.1, 0.15) is 0 Å². The van der Waals surface area contributed by atoms with Crippen molar-refractivity contribution in [1.82, 2.24) is 0 Å². The SMILES string of the molecule is CCC1(CC)CC[C@@H]2CC3(O[C@@H]2O1)C1CC2CC(C1)CC3C2. The predicted molar refractivity (Wildman–Crippen MR) is 86.4 cm³/mol. The van der Waals surface area contributed by atoms with E-state index >= 15 is 0 Å². The highest BCUT2D eigenvalue weighted by atomic mass is 16.7. The van der Waals surface area contributed by atoms with Crippen molar-refractivity contribution in [3.63, 3.8) is 0 Å². The van der Waals surface area contributed by atoms with Crippen molar-refractivity contribution in [1.29, 1.82) is 0 Å². The molecule has 0 radical (unpaired) electrons. The van der Waals surface area contributed by atoms with Crippen molar-refractivity contribution in [2.45, 2.75) is 95.5 Å². The van der Waals surface area contributed by atoms with Crippen LogP contribution in [-0.4, -0.2) is 17.5 Å². The largest absolute Gasteiger partial charge is 0.346 e. The summed E-state index contributed by atoms with van der Waals surface area (Å²) < 4.78 is 13.5. The zero-order valence-electron chi connectivity index (χ0n) is 14.4. The Labute approximate surface area is 135 Å². The molecule has 4 saturated carbocycles. The summed E-state index contributed by atoms with van der Waals surface area (Å²) in [6, 6.07) is 0. The van der Waals surface area contributed by atoms with E-state index in [9.17, 15) is 0 Å². The molecule has 4 bridgehead atoms. The monoisotopic (exact) mass is 304 g/mol. The first kappa shape index (κ1) is 14.3. The molecule has 2 saturated heterocycles. The molecular formula is C20H32O2. The fraction of sp³-hybridized carbons (Fsp3) is 1.00. The van der Waals surface area contributed by atoms with Gasteiger partial charge in [-0.3, -0.25) is 0 Å². The summed E-state index contributed by atoms with van der Waals surface area (Å²) in [6.07, 6.45) is 13.7. The van der Waals surface area contributed by atoms with E-state index in [4.69, 9.17) is 9.47 Å². The van der Waals surface area contributed by atoms with Crippen LogP contribution >= 0.6 is 0 Å². The second-order valence-corrected chi connectivity index (χ2v) is 9.26. The van der Waals surface area contributed by atoms with Gasteiger partial charge in [0.2, 0.25) is 0 Å². The third-order valence-electron chi connectivity index (χ3n) is 8.45. The predicted octanol–water partition coefficient (Wildman–Crippen LogP) is 4.91. The van der Waals surface area contributed by atoms with E-state index in [-0.39, 0.29) is 17.5 Å². The van der Waals surface area contributed by atoms with Crippen molar-refractivity contribution < 1.29 is 9.47 Å². The molecule has 0 amide bonds. The van der Waals surface area contributed by atoms with E-state index in [1.807, 2.05) is 0 Å². The molecule has 2 aliphatic heterocycles. The van der Waals surface area contributed by atoms with Crippen molar-refractivity contribution in [3.8, 4) is 0 Å². The summed E-state index contributed by atoms with van der Waals surface area (Å²) in [5.74, 6) is 4.46. The number of hydrogen-bond acceptors (Lipinski definition) is 2. The van der Waals surface area contributed by atoms with Crippen molar-refractivity contribution >= 4 is 0 Å². The fourth-order valence-electron chi connectivity index (χ4n) is 7.26. The summed E-state index contributed by atoms with van der Waals surface area (Å²) >= 11 is 0. The minimum atomic E-state index is 0.110. The number of hydrogen-bond donors (Lipinski definition) is 0. The van der Waals surface area contributed by atoms with Gasteiger partial charge < -0.3 is 9.47 Å². The molecule has 2 heterocycles. The van der Waals surface area contributed by atoms with Crippen LogP contribution in [0.15, 0.2) is 0 Å². The summed E-state index contributed by atoms with van der Waals surface area (Å²) in [6.45, 7) is 4.58. The van der Waals surface area contributed by atoms with Gasteiger partial charge in [-0.2, -0.15) is 0 Å². The molecule has 6 fully saturated rings. The Hall–Kier alpha value is -0.0800. The Kier molecular flexibility index (Phi) is 3.07. The van der Waals surface area contributed by atoms with Crippen LogP contribution in [-0.2, 0) is 9.47 Å². The van der Waals surface area contributed by atoms with Gasteiger partial charge in [-0.05, 0) is 87.9 Å². The van der Waals surface area contributed by atoms with Crippen molar-refractivity contribution in [2.24, 2.45) is 29.6 Å². The van der Waals surface area contributed by atoms with E-state index in [0.717, 1.165) is 36.5 Å². The Morgan fingerprint density at radius 3 is 2.09 bits per heavy atom. The maximum absolute atomic E-state index is 6.87. The molecule has 2 nitrogen and oxygen atoms in total. The molecule has 0 aromatic rings. The second kappa shape index (κ2) is 4.72. The second-order valence-electron chi connectivity index (χ2n) is 9.26. The van der Waals surface area contributed by atoms with E-state index in [1.54, 1.807) is 0 Å². The third kappa shape index (κ3) is 1.80. The first-order valence-corrected chi connectivity index (χ1v) is 10.0. The van der Waals surface area contributed by atoms with Crippen LogP contribution < -0.4 is 0 Å². The van der Waals surface area contributed by atoms with Crippen molar-refractivity contribution in [2.75, 3.05) is 0 Å². The number of rotatable bonds is 2. The summed E-state index contributed by atoms with van der Waals surface area (Å²) in [7, 11) is 0. The van der Waals surface area contributed by atoms with Gasteiger partial charge in [0.15, 0.2) is 6.29 Å². The van der Waals surface area contributed by atoms with Gasteiger partial charge in [0.05, 0.1) is 11.2 Å². The third-order valence-corrected chi connectivity index (χ3v) is 8.45. The van der Waals surface area contributed by atoms with E-state index in [1.165, 1.54) is 51.4 Å². The maximum Gasteiger partial charge on any atom is 0.161 e. The average Bonchev–Trinajstić information content (AvgIpc) is 2.91. The molecule has 0 aromatic carbocycles. The van der Waals surface area contributed by atoms with Crippen LogP contribution in [0.1, 0.15) is 78.1 Å². The smallest absolute Gasteiger partial charge is 0.161 e. The van der Waals surface area contributed by atoms with E-state index in [2.05, 4.69) is 13.8 Å². The van der Waals surface area contributed by atoms with Crippen LogP contribution in [0.5, 0.6) is 0 Å².